The molecule has 1 amide bonds. The van der Waals surface area contributed by atoms with Crippen LogP contribution < -0.4 is 0 Å². The molecular weight excluding hydrogens is 297 g/mol. The van der Waals surface area contributed by atoms with Crippen molar-refractivity contribution in [3.05, 3.63) is 34.1 Å². The normalized spacial score (nSPS) is 15.9. The minimum Gasteiger partial charge on any atom is -0.341 e. The van der Waals surface area contributed by atoms with Crippen LogP contribution in [0.25, 0.3) is 0 Å². The molecule has 0 unspecified atom stereocenters. The summed E-state index contributed by atoms with van der Waals surface area (Å²) in [5, 5.41) is 0. The standard InChI is InChI=1S/C14H17BrFNO/c1-17(9-10-4-2-3-5-10)14(18)12-8-11(16)6-7-13(12)15/h6-8,10H,2-5,9H2,1H3. The zero-order valence-electron chi connectivity index (χ0n) is 10.5. The Bertz CT molecular complexity index is 443. The Morgan fingerprint density at radius 3 is 2.78 bits per heavy atom. The van der Waals surface area contributed by atoms with Crippen molar-refractivity contribution < 1.29 is 9.18 Å². The zero-order valence-corrected chi connectivity index (χ0v) is 12.0. The molecule has 4 heteroatoms. The van der Waals surface area contributed by atoms with E-state index in [1.807, 2.05) is 0 Å². The van der Waals surface area contributed by atoms with Gasteiger partial charge in [-0.05, 0) is 52.9 Å². The number of hydrogen-bond acceptors (Lipinski definition) is 1. The van der Waals surface area contributed by atoms with E-state index >= 15 is 0 Å². The number of amides is 1. The molecule has 0 spiro atoms. The smallest absolute Gasteiger partial charge is 0.254 e. The molecule has 0 saturated heterocycles. The van der Waals surface area contributed by atoms with E-state index in [-0.39, 0.29) is 11.7 Å². The molecule has 0 heterocycles. The van der Waals surface area contributed by atoms with Crippen molar-refractivity contribution in [1.29, 1.82) is 0 Å². The second-order valence-electron chi connectivity index (χ2n) is 4.96. The molecule has 1 aromatic rings. The Morgan fingerprint density at radius 2 is 2.11 bits per heavy atom. The molecule has 1 aliphatic rings. The summed E-state index contributed by atoms with van der Waals surface area (Å²) in [6.07, 6.45) is 4.91. The second kappa shape index (κ2) is 5.83. The minimum absolute atomic E-state index is 0.117. The Labute approximate surface area is 115 Å². The Morgan fingerprint density at radius 1 is 1.44 bits per heavy atom. The minimum atomic E-state index is -0.379. The highest BCUT2D eigenvalue weighted by atomic mass is 79.9. The largest absolute Gasteiger partial charge is 0.341 e. The maximum absolute atomic E-state index is 13.2. The number of rotatable bonds is 3. The lowest BCUT2D eigenvalue weighted by Crippen LogP contribution is -2.31. The molecule has 0 bridgehead atoms. The first-order chi connectivity index (χ1) is 8.58. The maximum atomic E-state index is 13.2. The summed E-state index contributed by atoms with van der Waals surface area (Å²) in [5.41, 5.74) is 0.399. The topological polar surface area (TPSA) is 20.3 Å². The summed E-state index contributed by atoms with van der Waals surface area (Å²) in [6.45, 7) is 0.766. The van der Waals surface area contributed by atoms with E-state index in [1.165, 1.54) is 37.8 Å². The molecule has 1 saturated carbocycles. The molecule has 0 aromatic heterocycles. The van der Waals surface area contributed by atoms with Crippen LogP contribution in [0, 0.1) is 11.7 Å². The van der Waals surface area contributed by atoms with Crippen LogP contribution in [0.3, 0.4) is 0 Å². The lowest BCUT2D eigenvalue weighted by atomic mass is 10.1. The molecule has 0 radical (unpaired) electrons. The van der Waals surface area contributed by atoms with Crippen LogP contribution in [0.5, 0.6) is 0 Å². The zero-order chi connectivity index (χ0) is 13.1. The van der Waals surface area contributed by atoms with Gasteiger partial charge in [-0.15, -0.1) is 0 Å². The Balaban J connectivity index is 2.07. The van der Waals surface area contributed by atoms with Gasteiger partial charge in [0, 0.05) is 18.1 Å². The van der Waals surface area contributed by atoms with Crippen molar-refractivity contribution >= 4 is 21.8 Å². The molecule has 1 fully saturated rings. The van der Waals surface area contributed by atoms with Gasteiger partial charge in [0.2, 0.25) is 0 Å². The van der Waals surface area contributed by atoms with E-state index in [1.54, 1.807) is 18.0 Å². The fourth-order valence-electron chi connectivity index (χ4n) is 2.53. The van der Waals surface area contributed by atoms with Gasteiger partial charge in [-0.25, -0.2) is 4.39 Å². The number of carbonyl (C=O) groups excluding carboxylic acids is 1. The van der Waals surface area contributed by atoms with Crippen LogP contribution in [0.1, 0.15) is 36.0 Å². The lowest BCUT2D eigenvalue weighted by molar-refractivity contribution is 0.0772. The van der Waals surface area contributed by atoms with Gasteiger partial charge in [-0.2, -0.15) is 0 Å². The van der Waals surface area contributed by atoms with Crippen LogP contribution in [-0.2, 0) is 0 Å². The highest BCUT2D eigenvalue weighted by Crippen LogP contribution is 2.26. The summed E-state index contributed by atoms with van der Waals surface area (Å²) >= 11 is 3.30. The summed E-state index contributed by atoms with van der Waals surface area (Å²) in [4.78, 5) is 13.9. The molecule has 0 N–H and O–H groups in total. The quantitative estimate of drug-likeness (QED) is 0.830. The number of hydrogen-bond donors (Lipinski definition) is 0. The first-order valence-electron chi connectivity index (χ1n) is 6.28. The molecule has 1 aromatic carbocycles. The molecule has 2 rings (SSSR count). The summed E-state index contributed by atoms with van der Waals surface area (Å²) < 4.78 is 13.8. The summed E-state index contributed by atoms with van der Waals surface area (Å²) in [5.74, 6) is 0.107. The molecule has 0 aliphatic heterocycles. The molecule has 18 heavy (non-hydrogen) atoms. The molecular formula is C14H17BrFNO. The average molecular weight is 314 g/mol. The highest BCUT2D eigenvalue weighted by Gasteiger charge is 2.21. The fourth-order valence-corrected chi connectivity index (χ4v) is 2.95. The van der Waals surface area contributed by atoms with Crippen LogP contribution in [0.2, 0.25) is 0 Å². The Hall–Kier alpha value is -0.900. The van der Waals surface area contributed by atoms with Gasteiger partial charge in [0.15, 0.2) is 0 Å². The van der Waals surface area contributed by atoms with E-state index < -0.39 is 0 Å². The highest BCUT2D eigenvalue weighted by molar-refractivity contribution is 9.10. The lowest BCUT2D eigenvalue weighted by Gasteiger charge is -2.21. The van der Waals surface area contributed by atoms with Crippen molar-refractivity contribution in [3.8, 4) is 0 Å². The third kappa shape index (κ3) is 3.10. The van der Waals surface area contributed by atoms with Gasteiger partial charge in [-0.1, -0.05) is 12.8 Å². The van der Waals surface area contributed by atoms with Crippen LogP contribution in [0.15, 0.2) is 22.7 Å². The Kier molecular flexibility index (Phi) is 4.38. The maximum Gasteiger partial charge on any atom is 0.254 e. The van der Waals surface area contributed by atoms with Gasteiger partial charge in [0.25, 0.3) is 5.91 Å². The summed E-state index contributed by atoms with van der Waals surface area (Å²) in [6, 6.07) is 4.21. The van der Waals surface area contributed by atoms with Gasteiger partial charge in [-0.3, -0.25) is 4.79 Å². The van der Waals surface area contributed by atoms with E-state index in [4.69, 9.17) is 0 Å². The van der Waals surface area contributed by atoms with E-state index in [0.717, 1.165) is 6.54 Å². The molecule has 0 atom stereocenters. The molecule has 2 nitrogen and oxygen atoms in total. The molecule has 1 aliphatic carbocycles. The van der Waals surface area contributed by atoms with E-state index in [0.29, 0.717) is 16.0 Å². The predicted octanol–water partition coefficient (Wildman–Crippen LogP) is 3.85. The number of benzene rings is 1. The fraction of sp³-hybridized carbons (Fsp3) is 0.500. The third-order valence-corrected chi connectivity index (χ3v) is 4.20. The van der Waals surface area contributed by atoms with Gasteiger partial charge >= 0.3 is 0 Å². The van der Waals surface area contributed by atoms with E-state index in [9.17, 15) is 9.18 Å². The predicted molar refractivity (Wildman–Crippen MR) is 73.0 cm³/mol. The van der Waals surface area contributed by atoms with Crippen LogP contribution in [-0.4, -0.2) is 24.4 Å². The van der Waals surface area contributed by atoms with E-state index in [2.05, 4.69) is 15.9 Å². The van der Waals surface area contributed by atoms with Crippen molar-refractivity contribution in [2.24, 2.45) is 5.92 Å². The monoisotopic (exact) mass is 313 g/mol. The number of carbonyl (C=O) groups is 1. The first-order valence-corrected chi connectivity index (χ1v) is 7.07. The summed E-state index contributed by atoms with van der Waals surface area (Å²) in [7, 11) is 1.79. The third-order valence-electron chi connectivity index (χ3n) is 3.51. The average Bonchev–Trinajstić information content (AvgIpc) is 2.84. The van der Waals surface area contributed by atoms with Gasteiger partial charge in [0.05, 0.1) is 5.56 Å². The van der Waals surface area contributed by atoms with Crippen molar-refractivity contribution in [3.63, 3.8) is 0 Å². The van der Waals surface area contributed by atoms with Gasteiger partial charge < -0.3 is 4.90 Å². The van der Waals surface area contributed by atoms with Crippen molar-refractivity contribution in [2.45, 2.75) is 25.7 Å². The first kappa shape index (κ1) is 13.5. The van der Waals surface area contributed by atoms with Crippen molar-refractivity contribution in [2.75, 3.05) is 13.6 Å². The second-order valence-corrected chi connectivity index (χ2v) is 5.81. The SMILES string of the molecule is CN(CC1CCCC1)C(=O)c1cc(F)ccc1Br. The van der Waals surface area contributed by atoms with Crippen LogP contribution >= 0.6 is 15.9 Å². The number of nitrogens with zero attached hydrogens (tertiary/aromatic N) is 1. The van der Waals surface area contributed by atoms with Crippen molar-refractivity contribution in [1.82, 2.24) is 4.90 Å². The van der Waals surface area contributed by atoms with Gasteiger partial charge in [0.1, 0.15) is 5.82 Å². The van der Waals surface area contributed by atoms with Crippen LogP contribution in [0.4, 0.5) is 4.39 Å². The molecule has 98 valence electrons. The number of halogens is 2.